The van der Waals surface area contributed by atoms with Gasteiger partial charge in [0.25, 0.3) is 0 Å². The van der Waals surface area contributed by atoms with Gasteiger partial charge < -0.3 is 10.7 Å². The third-order valence-electron chi connectivity index (χ3n) is 4.39. The zero-order valence-electron chi connectivity index (χ0n) is 12.4. The second kappa shape index (κ2) is 4.81. The second-order valence-corrected chi connectivity index (χ2v) is 8.41. The van der Waals surface area contributed by atoms with Crippen molar-refractivity contribution in [2.45, 2.75) is 43.0 Å². The monoisotopic (exact) mass is 307 g/mol. The standard InChI is InChI=1S/C15H21N3O2S/c1-10-4-3-7-15(16,9-10)14-17-12-6-5-11(21(2,19)20)8-13(12)18-14/h5-6,8,10H,3-4,7,9,16H2,1-2H3,(H,17,18). The molecule has 0 bridgehead atoms. The van der Waals surface area contributed by atoms with Crippen molar-refractivity contribution in [2.75, 3.05) is 6.26 Å². The molecule has 0 spiro atoms. The molecule has 2 unspecified atom stereocenters. The minimum Gasteiger partial charge on any atom is -0.340 e. The van der Waals surface area contributed by atoms with Gasteiger partial charge in [-0.15, -0.1) is 0 Å². The Morgan fingerprint density at radius 1 is 1.43 bits per heavy atom. The lowest BCUT2D eigenvalue weighted by Crippen LogP contribution is -2.42. The molecule has 2 aromatic rings. The van der Waals surface area contributed by atoms with E-state index in [0.717, 1.165) is 36.1 Å². The fourth-order valence-electron chi connectivity index (χ4n) is 3.26. The van der Waals surface area contributed by atoms with Crippen LogP contribution in [-0.2, 0) is 15.4 Å². The van der Waals surface area contributed by atoms with E-state index >= 15 is 0 Å². The van der Waals surface area contributed by atoms with Gasteiger partial charge in [0.2, 0.25) is 0 Å². The summed E-state index contributed by atoms with van der Waals surface area (Å²) in [6.45, 7) is 2.21. The summed E-state index contributed by atoms with van der Waals surface area (Å²) < 4.78 is 23.3. The summed E-state index contributed by atoms with van der Waals surface area (Å²) in [5.74, 6) is 1.36. The number of sulfone groups is 1. The number of rotatable bonds is 2. The van der Waals surface area contributed by atoms with Crippen LogP contribution in [0.5, 0.6) is 0 Å². The molecule has 5 nitrogen and oxygen atoms in total. The molecule has 3 N–H and O–H groups in total. The fourth-order valence-corrected chi connectivity index (χ4v) is 3.91. The Labute approximate surface area is 124 Å². The Kier molecular flexibility index (Phi) is 3.33. The number of hydrogen-bond acceptors (Lipinski definition) is 4. The first-order valence-corrected chi connectivity index (χ1v) is 9.16. The third-order valence-corrected chi connectivity index (χ3v) is 5.50. The molecule has 1 aromatic heterocycles. The minimum atomic E-state index is -3.21. The van der Waals surface area contributed by atoms with Crippen LogP contribution in [0.2, 0.25) is 0 Å². The van der Waals surface area contributed by atoms with Crippen molar-refractivity contribution in [3.63, 3.8) is 0 Å². The van der Waals surface area contributed by atoms with Crippen molar-refractivity contribution in [1.29, 1.82) is 0 Å². The van der Waals surface area contributed by atoms with Crippen molar-refractivity contribution in [1.82, 2.24) is 9.97 Å². The van der Waals surface area contributed by atoms with Crippen molar-refractivity contribution in [2.24, 2.45) is 11.7 Å². The van der Waals surface area contributed by atoms with Gasteiger partial charge >= 0.3 is 0 Å². The van der Waals surface area contributed by atoms with Gasteiger partial charge in [0, 0.05) is 6.26 Å². The number of fused-ring (bicyclic) bond motifs is 1. The summed E-state index contributed by atoms with van der Waals surface area (Å²) >= 11 is 0. The van der Waals surface area contributed by atoms with E-state index in [-0.39, 0.29) is 0 Å². The highest BCUT2D eigenvalue weighted by molar-refractivity contribution is 7.90. The SMILES string of the molecule is CC1CCCC(N)(c2nc3ccc(S(C)(=O)=O)cc3[nH]2)C1. The number of nitrogens with zero attached hydrogens (tertiary/aromatic N) is 1. The van der Waals surface area contributed by atoms with Gasteiger partial charge in [-0.05, 0) is 37.0 Å². The summed E-state index contributed by atoms with van der Waals surface area (Å²) in [7, 11) is -3.21. The average molecular weight is 307 g/mol. The van der Waals surface area contributed by atoms with Crippen LogP contribution in [0.1, 0.15) is 38.4 Å². The van der Waals surface area contributed by atoms with Gasteiger partial charge in [-0.2, -0.15) is 0 Å². The number of aromatic amines is 1. The molecular formula is C15H21N3O2S. The van der Waals surface area contributed by atoms with E-state index in [1.54, 1.807) is 18.2 Å². The maximum atomic E-state index is 11.6. The molecule has 1 saturated carbocycles. The molecule has 3 rings (SSSR count). The molecule has 0 amide bonds. The number of aromatic nitrogens is 2. The minimum absolute atomic E-state index is 0.299. The molecule has 1 aliphatic rings. The maximum absolute atomic E-state index is 11.6. The van der Waals surface area contributed by atoms with Crippen LogP contribution in [0, 0.1) is 5.92 Å². The van der Waals surface area contributed by atoms with Gasteiger partial charge in [0.15, 0.2) is 9.84 Å². The van der Waals surface area contributed by atoms with Crippen LogP contribution in [0.3, 0.4) is 0 Å². The van der Waals surface area contributed by atoms with Crippen LogP contribution < -0.4 is 5.73 Å². The predicted octanol–water partition coefficient (Wildman–Crippen LogP) is 2.33. The molecule has 6 heteroatoms. The summed E-state index contributed by atoms with van der Waals surface area (Å²) in [6, 6.07) is 4.97. The first-order valence-electron chi connectivity index (χ1n) is 7.27. The Bertz CT molecular complexity index is 781. The molecule has 2 atom stereocenters. The van der Waals surface area contributed by atoms with Crippen LogP contribution in [0.15, 0.2) is 23.1 Å². The quantitative estimate of drug-likeness (QED) is 0.891. The summed E-state index contributed by atoms with van der Waals surface area (Å²) in [5.41, 5.74) is 7.61. The first kappa shape index (κ1) is 14.5. The highest BCUT2D eigenvalue weighted by Gasteiger charge is 2.35. The fraction of sp³-hybridized carbons (Fsp3) is 0.533. The number of H-pyrrole nitrogens is 1. The normalized spacial score (nSPS) is 27.1. The summed E-state index contributed by atoms with van der Waals surface area (Å²) in [4.78, 5) is 8.13. The average Bonchev–Trinajstić information content (AvgIpc) is 2.80. The van der Waals surface area contributed by atoms with Crippen LogP contribution >= 0.6 is 0 Å². The number of imidazole rings is 1. The van der Waals surface area contributed by atoms with E-state index in [1.165, 1.54) is 12.7 Å². The molecule has 0 saturated heterocycles. The van der Waals surface area contributed by atoms with Gasteiger partial charge in [0.1, 0.15) is 5.82 Å². The molecule has 1 fully saturated rings. The molecule has 114 valence electrons. The van der Waals surface area contributed by atoms with E-state index in [2.05, 4.69) is 16.9 Å². The maximum Gasteiger partial charge on any atom is 0.175 e. The summed E-state index contributed by atoms with van der Waals surface area (Å²) in [6.07, 6.45) is 5.33. The van der Waals surface area contributed by atoms with Gasteiger partial charge in [-0.3, -0.25) is 0 Å². The predicted molar refractivity (Wildman–Crippen MR) is 82.7 cm³/mol. The van der Waals surface area contributed by atoms with Crippen molar-refractivity contribution in [3.8, 4) is 0 Å². The Morgan fingerprint density at radius 3 is 2.86 bits per heavy atom. The van der Waals surface area contributed by atoms with E-state index in [1.807, 2.05) is 0 Å². The molecule has 0 radical (unpaired) electrons. The lowest BCUT2D eigenvalue weighted by atomic mass is 9.76. The van der Waals surface area contributed by atoms with Crippen molar-refractivity contribution >= 4 is 20.9 Å². The Balaban J connectivity index is 2.05. The van der Waals surface area contributed by atoms with Crippen molar-refractivity contribution in [3.05, 3.63) is 24.0 Å². The van der Waals surface area contributed by atoms with Crippen LogP contribution in [0.25, 0.3) is 11.0 Å². The van der Waals surface area contributed by atoms with E-state index < -0.39 is 15.4 Å². The molecule has 1 heterocycles. The second-order valence-electron chi connectivity index (χ2n) is 6.39. The Morgan fingerprint density at radius 2 is 2.19 bits per heavy atom. The smallest absolute Gasteiger partial charge is 0.175 e. The molecule has 0 aliphatic heterocycles. The lowest BCUT2D eigenvalue weighted by Gasteiger charge is -2.35. The molecule has 1 aromatic carbocycles. The van der Waals surface area contributed by atoms with Crippen LogP contribution in [-0.4, -0.2) is 24.6 Å². The number of benzene rings is 1. The highest BCUT2D eigenvalue weighted by Crippen LogP contribution is 2.37. The topological polar surface area (TPSA) is 88.8 Å². The zero-order valence-corrected chi connectivity index (χ0v) is 13.2. The largest absolute Gasteiger partial charge is 0.340 e. The third kappa shape index (κ3) is 2.70. The van der Waals surface area contributed by atoms with Gasteiger partial charge in [0.05, 0.1) is 21.5 Å². The number of nitrogens with two attached hydrogens (primary N) is 1. The first-order chi connectivity index (χ1) is 9.78. The van der Waals surface area contributed by atoms with E-state index in [0.29, 0.717) is 10.8 Å². The van der Waals surface area contributed by atoms with Crippen molar-refractivity contribution < 1.29 is 8.42 Å². The van der Waals surface area contributed by atoms with Gasteiger partial charge in [-0.25, -0.2) is 13.4 Å². The molecule has 21 heavy (non-hydrogen) atoms. The van der Waals surface area contributed by atoms with E-state index in [4.69, 9.17) is 5.73 Å². The summed E-state index contributed by atoms with van der Waals surface area (Å²) in [5, 5.41) is 0. The Hall–Kier alpha value is -1.40. The van der Waals surface area contributed by atoms with Crippen LogP contribution in [0.4, 0.5) is 0 Å². The van der Waals surface area contributed by atoms with Gasteiger partial charge in [-0.1, -0.05) is 19.8 Å². The number of hydrogen-bond donors (Lipinski definition) is 2. The zero-order chi connectivity index (χ0) is 15.3. The lowest BCUT2D eigenvalue weighted by molar-refractivity contribution is 0.230. The molecular weight excluding hydrogens is 286 g/mol. The van der Waals surface area contributed by atoms with E-state index in [9.17, 15) is 8.42 Å². The molecule has 1 aliphatic carbocycles. The highest BCUT2D eigenvalue weighted by atomic mass is 32.2. The number of nitrogens with one attached hydrogen (secondary N) is 1.